The van der Waals surface area contributed by atoms with E-state index in [0.29, 0.717) is 18.0 Å². The first kappa shape index (κ1) is 15.8. The molecule has 1 saturated heterocycles. The normalized spacial score (nSPS) is 27.9. The predicted octanol–water partition coefficient (Wildman–Crippen LogP) is 2.75. The molecule has 1 saturated carbocycles. The first-order chi connectivity index (χ1) is 11.7. The smallest absolute Gasteiger partial charge is 0.143 e. The van der Waals surface area contributed by atoms with Gasteiger partial charge in [-0.1, -0.05) is 0 Å². The van der Waals surface area contributed by atoms with Crippen molar-refractivity contribution in [2.45, 2.75) is 50.1 Å². The molecule has 6 heteroatoms. The van der Waals surface area contributed by atoms with Crippen LogP contribution in [0, 0.1) is 0 Å². The first-order valence-corrected chi connectivity index (χ1v) is 9.05. The van der Waals surface area contributed by atoms with Crippen LogP contribution in [0.3, 0.4) is 0 Å². The third-order valence-corrected chi connectivity index (χ3v) is 5.64. The lowest BCUT2D eigenvalue weighted by Crippen LogP contribution is -2.36. The molecule has 3 heterocycles. The Hall–Kier alpha value is -1.66. The minimum atomic E-state index is 0.453. The standard InChI is InChI=1S/C18H27N5O/c1-23(2)14-5-3-13(4-6-14)22-18-16-15(12-7-8-24-10-12)9-19-17(16)20-11-21-18/h9,11-14H,3-8,10H2,1-2H3,(H2,19,20,21,22). The summed E-state index contributed by atoms with van der Waals surface area (Å²) in [5.41, 5.74) is 2.23. The quantitative estimate of drug-likeness (QED) is 0.903. The molecule has 1 aliphatic heterocycles. The Morgan fingerprint density at radius 3 is 2.71 bits per heavy atom. The van der Waals surface area contributed by atoms with Gasteiger partial charge < -0.3 is 19.9 Å². The molecule has 1 atom stereocenters. The Bertz CT molecular complexity index is 684. The SMILES string of the molecule is CN(C)C1CCC(Nc2ncnc3[nH]cc(C4CCOC4)c23)CC1. The third-order valence-electron chi connectivity index (χ3n) is 5.64. The summed E-state index contributed by atoms with van der Waals surface area (Å²) < 4.78 is 5.57. The van der Waals surface area contributed by atoms with Crippen molar-refractivity contribution in [3.8, 4) is 0 Å². The van der Waals surface area contributed by atoms with Crippen LogP contribution in [-0.4, -0.2) is 59.2 Å². The van der Waals surface area contributed by atoms with Crippen molar-refractivity contribution in [1.82, 2.24) is 19.9 Å². The molecule has 2 aromatic heterocycles. The van der Waals surface area contributed by atoms with Gasteiger partial charge in [0.25, 0.3) is 0 Å². The third kappa shape index (κ3) is 3.00. The minimum absolute atomic E-state index is 0.453. The van der Waals surface area contributed by atoms with Crippen molar-refractivity contribution in [3.63, 3.8) is 0 Å². The molecule has 1 unspecified atom stereocenters. The molecule has 0 bridgehead atoms. The van der Waals surface area contributed by atoms with E-state index >= 15 is 0 Å². The van der Waals surface area contributed by atoms with Gasteiger partial charge in [0.1, 0.15) is 17.8 Å². The highest BCUT2D eigenvalue weighted by Gasteiger charge is 2.26. The average Bonchev–Trinajstić information content (AvgIpc) is 3.25. The number of hydrogen-bond donors (Lipinski definition) is 2. The Morgan fingerprint density at radius 2 is 2.00 bits per heavy atom. The van der Waals surface area contributed by atoms with Gasteiger partial charge in [0, 0.05) is 30.8 Å². The summed E-state index contributed by atoms with van der Waals surface area (Å²) in [6.07, 6.45) is 9.70. The Balaban J connectivity index is 1.55. The number of fused-ring (bicyclic) bond motifs is 1. The topological polar surface area (TPSA) is 66.1 Å². The highest BCUT2D eigenvalue weighted by molar-refractivity contribution is 5.91. The first-order valence-electron chi connectivity index (χ1n) is 9.05. The Labute approximate surface area is 143 Å². The van der Waals surface area contributed by atoms with Crippen molar-refractivity contribution >= 4 is 16.9 Å². The van der Waals surface area contributed by atoms with E-state index in [-0.39, 0.29) is 0 Å². The maximum absolute atomic E-state index is 5.57. The largest absolute Gasteiger partial charge is 0.381 e. The lowest BCUT2D eigenvalue weighted by Gasteiger charge is -2.33. The second-order valence-electron chi connectivity index (χ2n) is 7.36. The number of nitrogens with one attached hydrogen (secondary N) is 2. The Morgan fingerprint density at radius 1 is 1.17 bits per heavy atom. The molecule has 2 N–H and O–H groups in total. The number of H-pyrrole nitrogens is 1. The summed E-state index contributed by atoms with van der Waals surface area (Å²) in [5.74, 6) is 1.44. The van der Waals surface area contributed by atoms with Crippen LogP contribution in [0.1, 0.15) is 43.6 Å². The molecule has 2 aromatic rings. The maximum atomic E-state index is 5.57. The van der Waals surface area contributed by atoms with E-state index in [4.69, 9.17) is 4.74 Å². The predicted molar refractivity (Wildman–Crippen MR) is 95.4 cm³/mol. The molecule has 0 aromatic carbocycles. The van der Waals surface area contributed by atoms with Gasteiger partial charge >= 0.3 is 0 Å². The van der Waals surface area contributed by atoms with Crippen LogP contribution in [0.4, 0.5) is 5.82 Å². The molecule has 1 aliphatic carbocycles. The summed E-state index contributed by atoms with van der Waals surface area (Å²) in [4.78, 5) is 14.6. The zero-order valence-corrected chi connectivity index (χ0v) is 14.6. The van der Waals surface area contributed by atoms with E-state index in [1.165, 1.54) is 31.2 Å². The molecule has 2 fully saturated rings. The summed E-state index contributed by atoms with van der Waals surface area (Å²) >= 11 is 0. The van der Waals surface area contributed by atoms with Gasteiger partial charge in [-0.25, -0.2) is 9.97 Å². The average molecular weight is 329 g/mol. The molecule has 2 aliphatic rings. The van der Waals surface area contributed by atoms with Crippen LogP contribution in [0.5, 0.6) is 0 Å². The second kappa shape index (κ2) is 6.69. The summed E-state index contributed by atoms with van der Waals surface area (Å²) in [6, 6.07) is 1.22. The van der Waals surface area contributed by atoms with Crippen molar-refractivity contribution in [2.75, 3.05) is 32.6 Å². The van der Waals surface area contributed by atoms with Crippen LogP contribution in [-0.2, 0) is 4.74 Å². The highest BCUT2D eigenvalue weighted by atomic mass is 16.5. The lowest BCUT2D eigenvalue weighted by atomic mass is 9.90. The molecule has 0 spiro atoms. The monoisotopic (exact) mass is 329 g/mol. The second-order valence-corrected chi connectivity index (χ2v) is 7.36. The van der Waals surface area contributed by atoms with E-state index in [1.807, 2.05) is 0 Å². The molecule has 0 radical (unpaired) electrons. The van der Waals surface area contributed by atoms with Gasteiger partial charge in [0.05, 0.1) is 12.0 Å². The molecule has 0 amide bonds. The van der Waals surface area contributed by atoms with E-state index in [2.05, 4.69) is 45.5 Å². The van der Waals surface area contributed by atoms with Gasteiger partial charge in [0.2, 0.25) is 0 Å². The molecular weight excluding hydrogens is 302 g/mol. The molecule has 6 nitrogen and oxygen atoms in total. The van der Waals surface area contributed by atoms with Gasteiger partial charge in [-0.3, -0.25) is 0 Å². The van der Waals surface area contributed by atoms with Gasteiger partial charge in [-0.15, -0.1) is 0 Å². The molecular formula is C18H27N5O. The number of rotatable bonds is 4. The van der Waals surface area contributed by atoms with Gasteiger partial charge in [-0.2, -0.15) is 0 Å². The van der Waals surface area contributed by atoms with E-state index in [1.54, 1.807) is 6.33 Å². The highest BCUT2D eigenvalue weighted by Crippen LogP contribution is 2.34. The fraction of sp³-hybridized carbons (Fsp3) is 0.667. The molecule has 24 heavy (non-hydrogen) atoms. The van der Waals surface area contributed by atoms with Crippen LogP contribution >= 0.6 is 0 Å². The zero-order valence-electron chi connectivity index (χ0n) is 14.6. The number of ether oxygens (including phenoxy) is 1. The fourth-order valence-corrected chi connectivity index (χ4v) is 4.13. The van der Waals surface area contributed by atoms with Crippen LogP contribution in [0.15, 0.2) is 12.5 Å². The van der Waals surface area contributed by atoms with Gasteiger partial charge in [-0.05, 0) is 51.8 Å². The summed E-state index contributed by atoms with van der Waals surface area (Å²) in [6.45, 7) is 1.65. The molecule has 4 rings (SSSR count). The summed E-state index contributed by atoms with van der Waals surface area (Å²) in [5, 5.41) is 4.86. The van der Waals surface area contributed by atoms with Crippen molar-refractivity contribution in [2.24, 2.45) is 0 Å². The lowest BCUT2D eigenvalue weighted by molar-refractivity contribution is 0.194. The number of aromatic amines is 1. The number of nitrogens with zero attached hydrogens (tertiary/aromatic N) is 3. The Kier molecular flexibility index (Phi) is 4.41. The minimum Gasteiger partial charge on any atom is -0.381 e. The van der Waals surface area contributed by atoms with E-state index in [9.17, 15) is 0 Å². The fourth-order valence-electron chi connectivity index (χ4n) is 4.13. The van der Waals surface area contributed by atoms with Gasteiger partial charge in [0.15, 0.2) is 0 Å². The van der Waals surface area contributed by atoms with Crippen LogP contribution in [0.2, 0.25) is 0 Å². The number of hydrogen-bond acceptors (Lipinski definition) is 5. The zero-order chi connectivity index (χ0) is 16.5. The number of anilines is 1. The van der Waals surface area contributed by atoms with Crippen molar-refractivity contribution in [1.29, 1.82) is 0 Å². The van der Waals surface area contributed by atoms with Crippen molar-refractivity contribution in [3.05, 3.63) is 18.1 Å². The number of aromatic nitrogens is 3. The summed E-state index contributed by atoms with van der Waals surface area (Å²) in [7, 11) is 4.37. The van der Waals surface area contributed by atoms with E-state index < -0.39 is 0 Å². The van der Waals surface area contributed by atoms with Crippen LogP contribution in [0.25, 0.3) is 11.0 Å². The molecule has 130 valence electrons. The maximum Gasteiger partial charge on any atom is 0.143 e. The van der Waals surface area contributed by atoms with Crippen LogP contribution < -0.4 is 5.32 Å². The van der Waals surface area contributed by atoms with E-state index in [0.717, 1.165) is 36.5 Å². The van der Waals surface area contributed by atoms with Crippen molar-refractivity contribution < 1.29 is 4.74 Å².